The van der Waals surface area contributed by atoms with Crippen LogP contribution in [0.3, 0.4) is 0 Å². The van der Waals surface area contributed by atoms with Crippen molar-refractivity contribution in [2.75, 3.05) is 0 Å². The summed E-state index contributed by atoms with van der Waals surface area (Å²) in [5, 5.41) is 11.3. The van der Waals surface area contributed by atoms with Crippen molar-refractivity contribution in [3.8, 4) is 0 Å². The molecule has 0 atom stereocenters. The maximum absolute atomic E-state index is 11.3. The van der Waals surface area contributed by atoms with E-state index in [9.17, 15) is 9.59 Å². The molecule has 2 aromatic rings. The number of hydrogen-bond acceptors (Lipinski definition) is 5. The standard InChI is InChI=1S/C11H10N2O3S2/c1-6-8(10(14)15)9(13-11(16)12-6)18-5-7-3-2-4-17-7/h2-4H,5H2,1H3,(H,14,15)(H,12,13,16). The summed E-state index contributed by atoms with van der Waals surface area (Å²) < 4.78 is 0. The summed E-state index contributed by atoms with van der Waals surface area (Å²) in [6, 6.07) is 3.88. The lowest BCUT2D eigenvalue weighted by Gasteiger charge is -2.05. The number of nitrogens with one attached hydrogen (secondary N) is 1. The second kappa shape index (κ2) is 5.36. The summed E-state index contributed by atoms with van der Waals surface area (Å²) >= 11 is 2.84. The summed E-state index contributed by atoms with van der Waals surface area (Å²) in [5.41, 5.74) is -0.126. The van der Waals surface area contributed by atoms with Gasteiger partial charge < -0.3 is 10.1 Å². The van der Waals surface area contributed by atoms with Crippen LogP contribution in [0.1, 0.15) is 20.9 Å². The summed E-state index contributed by atoms with van der Waals surface area (Å²) in [6.07, 6.45) is 0. The van der Waals surface area contributed by atoms with Gasteiger partial charge in [-0.3, -0.25) is 0 Å². The van der Waals surface area contributed by atoms with E-state index < -0.39 is 11.7 Å². The number of aromatic nitrogens is 2. The average molecular weight is 282 g/mol. The molecule has 0 fully saturated rings. The monoisotopic (exact) mass is 282 g/mol. The minimum absolute atomic E-state index is 0.0659. The van der Waals surface area contributed by atoms with E-state index in [0.717, 1.165) is 4.88 Å². The van der Waals surface area contributed by atoms with Crippen molar-refractivity contribution in [1.29, 1.82) is 0 Å². The number of aromatic carboxylic acids is 1. The predicted octanol–water partition coefficient (Wildman–Crippen LogP) is 2.13. The normalized spacial score (nSPS) is 10.5. The number of carboxylic acid groups (broad SMARTS) is 1. The molecular weight excluding hydrogens is 272 g/mol. The molecular formula is C11H10N2O3S2. The Morgan fingerprint density at radius 2 is 2.39 bits per heavy atom. The number of thiophene rings is 1. The first-order chi connectivity index (χ1) is 8.58. The molecule has 0 aliphatic carbocycles. The molecule has 0 saturated heterocycles. The zero-order chi connectivity index (χ0) is 13.1. The van der Waals surface area contributed by atoms with E-state index in [1.165, 1.54) is 11.8 Å². The van der Waals surface area contributed by atoms with Gasteiger partial charge in [-0.15, -0.1) is 11.3 Å². The van der Waals surface area contributed by atoms with Gasteiger partial charge in [-0.25, -0.2) is 9.59 Å². The molecule has 2 heterocycles. The second-order valence-electron chi connectivity index (χ2n) is 3.52. The Labute approximate surface area is 111 Å². The van der Waals surface area contributed by atoms with Crippen LogP contribution in [0.5, 0.6) is 0 Å². The van der Waals surface area contributed by atoms with Gasteiger partial charge in [0.1, 0.15) is 10.6 Å². The van der Waals surface area contributed by atoms with Gasteiger partial charge in [-0.1, -0.05) is 17.8 Å². The Kier molecular flexibility index (Phi) is 3.83. The first-order valence-corrected chi connectivity index (χ1v) is 6.94. The van der Waals surface area contributed by atoms with Crippen LogP contribution in [0.25, 0.3) is 0 Å². The summed E-state index contributed by atoms with van der Waals surface area (Å²) in [5.74, 6) is -0.474. The molecule has 94 valence electrons. The van der Waals surface area contributed by atoms with E-state index >= 15 is 0 Å². The number of nitrogens with zero attached hydrogens (tertiary/aromatic N) is 1. The first kappa shape index (κ1) is 12.8. The number of hydrogen-bond donors (Lipinski definition) is 2. The number of rotatable bonds is 4. The maximum Gasteiger partial charge on any atom is 0.346 e. The van der Waals surface area contributed by atoms with E-state index in [1.54, 1.807) is 18.3 Å². The molecule has 0 amide bonds. The van der Waals surface area contributed by atoms with E-state index in [2.05, 4.69) is 9.97 Å². The number of aromatic amines is 1. The third-order valence-corrected chi connectivity index (χ3v) is 4.31. The van der Waals surface area contributed by atoms with Crippen LogP contribution in [0.4, 0.5) is 0 Å². The second-order valence-corrected chi connectivity index (χ2v) is 5.52. The summed E-state index contributed by atoms with van der Waals surface area (Å²) in [4.78, 5) is 29.7. The van der Waals surface area contributed by atoms with Crippen molar-refractivity contribution < 1.29 is 9.90 Å². The third kappa shape index (κ3) is 2.80. The van der Waals surface area contributed by atoms with Crippen LogP contribution >= 0.6 is 23.1 Å². The first-order valence-electron chi connectivity index (χ1n) is 5.07. The van der Waals surface area contributed by atoms with Gasteiger partial charge in [0.25, 0.3) is 0 Å². The van der Waals surface area contributed by atoms with Crippen molar-refractivity contribution in [1.82, 2.24) is 9.97 Å². The van der Waals surface area contributed by atoms with Gasteiger partial charge in [0.15, 0.2) is 0 Å². The molecule has 0 radical (unpaired) electrons. The molecule has 5 nitrogen and oxygen atoms in total. The fraction of sp³-hybridized carbons (Fsp3) is 0.182. The fourth-order valence-corrected chi connectivity index (χ4v) is 3.30. The molecule has 0 unspecified atom stereocenters. The highest BCUT2D eigenvalue weighted by molar-refractivity contribution is 7.98. The van der Waals surface area contributed by atoms with E-state index in [-0.39, 0.29) is 10.6 Å². The van der Waals surface area contributed by atoms with Gasteiger partial charge >= 0.3 is 11.7 Å². The molecule has 0 aliphatic heterocycles. The van der Waals surface area contributed by atoms with Crippen molar-refractivity contribution in [2.24, 2.45) is 0 Å². The van der Waals surface area contributed by atoms with Gasteiger partial charge in [-0.05, 0) is 18.4 Å². The van der Waals surface area contributed by atoms with Gasteiger partial charge in [0, 0.05) is 16.3 Å². The Bertz CT molecular complexity index is 620. The molecule has 0 bridgehead atoms. The third-order valence-electron chi connectivity index (χ3n) is 2.23. The van der Waals surface area contributed by atoms with Crippen LogP contribution in [-0.2, 0) is 5.75 Å². The van der Waals surface area contributed by atoms with Crippen LogP contribution in [0.2, 0.25) is 0 Å². The lowest BCUT2D eigenvalue weighted by molar-refractivity contribution is 0.0690. The Balaban J connectivity index is 2.31. The zero-order valence-electron chi connectivity index (χ0n) is 9.47. The highest BCUT2D eigenvalue weighted by Crippen LogP contribution is 2.26. The van der Waals surface area contributed by atoms with Crippen LogP contribution < -0.4 is 5.69 Å². The SMILES string of the molecule is Cc1[nH]c(=O)nc(SCc2cccs2)c1C(=O)O. The molecule has 0 saturated carbocycles. The Morgan fingerprint density at radius 1 is 1.61 bits per heavy atom. The molecule has 0 spiro atoms. The highest BCUT2D eigenvalue weighted by atomic mass is 32.2. The number of carbonyl (C=O) groups is 1. The molecule has 0 aliphatic rings. The van der Waals surface area contributed by atoms with Crippen LogP contribution in [0, 0.1) is 6.92 Å². The number of aryl methyl sites for hydroxylation is 1. The smallest absolute Gasteiger partial charge is 0.346 e. The van der Waals surface area contributed by atoms with Gasteiger partial charge in [0.2, 0.25) is 0 Å². The van der Waals surface area contributed by atoms with E-state index in [1.807, 2.05) is 17.5 Å². The summed E-state index contributed by atoms with van der Waals surface area (Å²) in [6.45, 7) is 1.56. The van der Waals surface area contributed by atoms with E-state index in [4.69, 9.17) is 5.11 Å². The number of H-pyrrole nitrogens is 1. The van der Waals surface area contributed by atoms with Crippen molar-refractivity contribution >= 4 is 29.1 Å². The largest absolute Gasteiger partial charge is 0.478 e. The summed E-state index contributed by atoms with van der Waals surface area (Å²) in [7, 11) is 0. The lowest BCUT2D eigenvalue weighted by Crippen LogP contribution is -2.18. The fourth-order valence-electron chi connectivity index (χ4n) is 1.45. The quantitative estimate of drug-likeness (QED) is 0.663. The van der Waals surface area contributed by atoms with Crippen molar-refractivity contribution in [3.05, 3.63) is 44.1 Å². The minimum atomic E-state index is -1.08. The molecule has 2 rings (SSSR count). The lowest BCUT2D eigenvalue weighted by atomic mass is 10.2. The van der Waals surface area contributed by atoms with Crippen molar-refractivity contribution in [3.63, 3.8) is 0 Å². The molecule has 18 heavy (non-hydrogen) atoms. The molecule has 2 N–H and O–H groups in total. The number of carboxylic acids is 1. The van der Waals surface area contributed by atoms with Gasteiger partial charge in [-0.2, -0.15) is 4.98 Å². The predicted molar refractivity (Wildman–Crippen MR) is 70.4 cm³/mol. The molecule has 0 aromatic carbocycles. The zero-order valence-corrected chi connectivity index (χ0v) is 11.1. The molecule has 2 aromatic heterocycles. The van der Waals surface area contributed by atoms with Gasteiger partial charge in [0.05, 0.1) is 0 Å². The highest BCUT2D eigenvalue weighted by Gasteiger charge is 2.16. The van der Waals surface area contributed by atoms with E-state index in [0.29, 0.717) is 11.4 Å². The van der Waals surface area contributed by atoms with Crippen LogP contribution in [0.15, 0.2) is 27.3 Å². The maximum atomic E-state index is 11.3. The molecule has 7 heteroatoms. The van der Waals surface area contributed by atoms with Crippen molar-refractivity contribution in [2.45, 2.75) is 17.7 Å². The average Bonchev–Trinajstić information content (AvgIpc) is 2.77. The Hall–Kier alpha value is -1.60. The topological polar surface area (TPSA) is 83.0 Å². The number of thioether (sulfide) groups is 1. The Morgan fingerprint density at radius 3 is 3.00 bits per heavy atom. The minimum Gasteiger partial charge on any atom is -0.478 e. The van der Waals surface area contributed by atoms with Crippen LogP contribution in [-0.4, -0.2) is 21.0 Å².